The van der Waals surface area contributed by atoms with Crippen molar-refractivity contribution < 1.29 is 0 Å². The van der Waals surface area contributed by atoms with Crippen LogP contribution in [0.4, 0.5) is 0 Å². The second-order valence-electron chi connectivity index (χ2n) is 5.29. The first-order valence-corrected chi connectivity index (χ1v) is 6.58. The van der Waals surface area contributed by atoms with Crippen molar-refractivity contribution >= 4 is 0 Å². The lowest BCUT2D eigenvalue weighted by Crippen LogP contribution is -2.27. The van der Waals surface area contributed by atoms with Crippen molar-refractivity contribution in [3.8, 4) is 0 Å². The van der Waals surface area contributed by atoms with Gasteiger partial charge in [-0.2, -0.15) is 0 Å². The van der Waals surface area contributed by atoms with Crippen LogP contribution < -0.4 is 5.32 Å². The van der Waals surface area contributed by atoms with Crippen molar-refractivity contribution in [2.24, 2.45) is 7.05 Å². The molecule has 2 heterocycles. The molecule has 0 unspecified atom stereocenters. The molecule has 1 saturated carbocycles. The number of imidazole rings is 1. The zero-order chi connectivity index (χ0) is 11.0. The van der Waals surface area contributed by atoms with E-state index in [1.54, 1.807) is 0 Å². The van der Waals surface area contributed by atoms with E-state index in [0.29, 0.717) is 5.92 Å². The van der Waals surface area contributed by atoms with Crippen molar-refractivity contribution in [3.63, 3.8) is 0 Å². The molecule has 0 radical (unpaired) electrons. The number of aromatic nitrogens is 2. The number of rotatable bonds is 2. The lowest BCUT2D eigenvalue weighted by molar-refractivity contribution is 0.408. The van der Waals surface area contributed by atoms with Gasteiger partial charge < -0.3 is 9.88 Å². The third kappa shape index (κ3) is 1.77. The van der Waals surface area contributed by atoms with Crippen molar-refractivity contribution in [2.45, 2.75) is 43.9 Å². The molecule has 3 heteroatoms. The van der Waals surface area contributed by atoms with Crippen LogP contribution in [0.25, 0.3) is 0 Å². The summed E-state index contributed by atoms with van der Waals surface area (Å²) in [5, 5.41) is 3.42. The summed E-state index contributed by atoms with van der Waals surface area (Å²) in [5.74, 6) is 2.77. The minimum atomic E-state index is 0.681. The van der Waals surface area contributed by atoms with Gasteiger partial charge in [-0.3, -0.25) is 0 Å². The molecule has 1 aromatic heterocycles. The van der Waals surface area contributed by atoms with E-state index in [4.69, 9.17) is 4.98 Å². The number of piperidine rings is 1. The average molecular weight is 219 g/mol. The largest absolute Gasteiger partial charge is 0.337 e. The van der Waals surface area contributed by atoms with E-state index < -0.39 is 0 Å². The maximum absolute atomic E-state index is 4.89. The van der Waals surface area contributed by atoms with Gasteiger partial charge in [-0.1, -0.05) is 6.42 Å². The number of nitrogens with one attached hydrogen (secondary N) is 1. The molecule has 1 saturated heterocycles. The minimum absolute atomic E-state index is 0.681. The summed E-state index contributed by atoms with van der Waals surface area (Å²) in [4.78, 5) is 4.89. The molecule has 0 spiro atoms. The smallest absolute Gasteiger partial charge is 0.111 e. The Bertz CT molecular complexity index is 359. The summed E-state index contributed by atoms with van der Waals surface area (Å²) in [5.41, 5.74) is 1.35. The lowest BCUT2D eigenvalue weighted by atomic mass is 9.83. The summed E-state index contributed by atoms with van der Waals surface area (Å²) in [6.07, 6.45) is 8.85. The van der Waals surface area contributed by atoms with Crippen LogP contribution in [0.2, 0.25) is 0 Å². The maximum Gasteiger partial charge on any atom is 0.111 e. The fourth-order valence-electron chi connectivity index (χ4n) is 2.86. The molecular formula is C13H21N3. The summed E-state index contributed by atoms with van der Waals surface area (Å²) in [6.45, 7) is 2.30. The molecule has 2 aliphatic rings. The highest BCUT2D eigenvalue weighted by Crippen LogP contribution is 2.36. The van der Waals surface area contributed by atoms with Gasteiger partial charge in [-0.05, 0) is 38.8 Å². The van der Waals surface area contributed by atoms with Crippen LogP contribution in [0.15, 0.2) is 6.20 Å². The van der Waals surface area contributed by atoms with Gasteiger partial charge in [0, 0.05) is 25.1 Å². The zero-order valence-corrected chi connectivity index (χ0v) is 10.1. The molecule has 0 bridgehead atoms. The van der Waals surface area contributed by atoms with E-state index in [2.05, 4.69) is 23.1 Å². The molecule has 3 rings (SSSR count). The van der Waals surface area contributed by atoms with Crippen LogP contribution in [0, 0.1) is 0 Å². The van der Waals surface area contributed by atoms with Gasteiger partial charge >= 0.3 is 0 Å². The fourth-order valence-corrected chi connectivity index (χ4v) is 2.86. The van der Waals surface area contributed by atoms with E-state index in [9.17, 15) is 0 Å². The van der Waals surface area contributed by atoms with Gasteiger partial charge in [0.05, 0.1) is 5.69 Å². The number of hydrogen-bond donors (Lipinski definition) is 1. The average Bonchev–Trinajstić information content (AvgIpc) is 2.59. The first kappa shape index (κ1) is 10.3. The predicted molar refractivity (Wildman–Crippen MR) is 64.6 cm³/mol. The highest BCUT2D eigenvalue weighted by molar-refractivity contribution is 5.14. The molecule has 3 nitrogen and oxygen atoms in total. The first-order chi connectivity index (χ1) is 7.84. The Labute approximate surface area is 97.3 Å². The van der Waals surface area contributed by atoms with E-state index in [-0.39, 0.29) is 0 Å². The molecule has 88 valence electrons. The Balaban J connectivity index is 1.79. The maximum atomic E-state index is 4.89. The van der Waals surface area contributed by atoms with Gasteiger partial charge in [0.25, 0.3) is 0 Å². The molecule has 0 aromatic carbocycles. The Morgan fingerprint density at radius 3 is 2.56 bits per heavy atom. The van der Waals surface area contributed by atoms with Crippen molar-refractivity contribution in [1.29, 1.82) is 0 Å². The van der Waals surface area contributed by atoms with Crippen LogP contribution in [0.1, 0.15) is 55.5 Å². The molecule has 1 aliphatic heterocycles. The molecule has 0 atom stereocenters. The van der Waals surface area contributed by atoms with Crippen LogP contribution in [0.3, 0.4) is 0 Å². The molecule has 1 N–H and O–H groups in total. The van der Waals surface area contributed by atoms with Crippen molar-refractivity contribution in [3.05, 3.63) is 17.7 Å². The Morgan fingerprint density at radius 2 is 1.94 bits per heavy atom. The topological polar surface area (TPSA) is 29.9 Å². The van der Waals surface area contributed by atoms with Crippen LogP contribution in [0.5, 0.6) is 0 Å². The summed E-state index contributed by atoms with van der Waals surface area (Å²) < 4.78 is 2.27. The molecule has 1 aromatic rings. The quantitative estimate of drug-likeness (QED) is 0.826. The zero-order valence-electron chi connectivity index (χ0n) is 10.1. The van der Waals surface area contributed by atoms with E-state index in [1.165, 1.54) is 43.6 Å². The van der Waals surface area contributed by atoms with Crippen LogP contribution in [-0.2, 0) is 7.05 Å². The second-order valence-corrected chi connectivity index (χ2v) is 5.29. The predicted octanol–water partition coefficient (Wildman–Crippen LogP) is 2.15. The third-order valence-corrected chi connectivity index (χ3v) is 4.16. The highest BCUT2D eigenvalue weighted by Gasteiger charge is 2.25. The third-order valence-electron chi connectivity index (χ3n) is 4.16. The van der Waals surface area contributed by atoms with E-state index in [1.807, 2.05) is 0 Å². The Morgan fingerprint density at radius 1 is 1.19 bits per heavy atom. The second kappa shape index (κ2) is 4.21. The van der Waals surface area contributed by atoms with Gasteiger partial charge in [0.2, 0.25) is 0 Å². The van der Waals surface area contributed by atoms with Crippen LogP contribution in [-0.4, -0.2) is 22.6 Å². The molecule has 16 heavy (non-hydrogen) atoms. The Hall–Kier alpha value is -0.830. The summed E-state index contributed by atoms with van der Waals surface area (Å²) in [7, 11) is 2.16. The monoisotopic (exact) mass is 219 g/mol. The summed E-state index contributed by atoms with van der Waals surface area (Å²) >= 11 is 0. The normalized spacial score (nSPS) is 23.3. The highest BCUT2D eigenvalue weighted by atomic mass is 15.1. The van der Waals surface area contributed by atoms with Crippen molar-refractivity contribution in [1.82, 2.24) is 14.9 Å². The standard InChI is InChI=1S/C13H21N3/c1-16-9-12(10-3-2-4-10)15-13(16)11-5-7-14-8-6-11/h9-11,14H,2-8H2,1H3. The van der Waals surface area contributed by atoms with Gasteiger partial charge in [0.1, 0.15) is 5.82 Å². The minimum Gasteiger partial charge on any atom is -0.337 e. The van der Waals surface area contributed by atoms with Gasteiger partial charge in [-0.15, -0.1) is 0 Å². The summed E-state index contributed by atoms with van der Waals surface area (Å²) in [6, 6.07) is 0. The first-order valence-electron chi connectivity index (χ1n) is 6.58. The molecule has 2 fully saturated rings. The van der Waals surface area contributed by atoms with Gasteiger partial charge in [-0.25, -0.2) is 4.98 Å². The molecule has 0 amide bonds. The van der Waals surface area contributed by atoms with Crippen LogP contribution >= 0.6 is 0 Å². The van der Waals surface area contributed by atoms with Crippen molar-refractivity contribution in [2.75, 3.05) is 13.1 Å². The van der Waals surface area contributed by atoms with E-state index >= 15 is 0 Å². The number of nitrogens with zero attached hydrogens (tertiary/aromatic N) is 2. The van der Waals surface area contributed by atoms with E-state index in [0.717, 1.165) is 19.0 Å². The Kier molecular flexibility index (Phi) is 2.72. The SMILES string of the molecule is Cn1cc(C2CCC2)nc1C1CCNCC1. The molecular weight excluding hydrogens is 198 g/mol. The fraction of sp³-hybridized carbons (Fsp3) is 0.769. The lowest BCUT2D eigenvalue weighted by Gasteiger charge is -2.23. The van der Waals surface area contributed by atoms with Gasteiger partial charge in [0.15, 0.2) is 0 Å². The number of aryl methyl sites for hydroxylation is 1. The number of hydrogen-bond acceptors (Lipinski definition) is 2. The molecule has 1 aliphatic carbocycles.